The topological polar surface area (TPSA) is 55.4 Å². The van der Waals surface area contributed by atoms with Gasteiger partial charge in [0, 0.05) is 6.42 Å². The Bertz CT molecular complexity index is 1210. The van der Waals surface area contributed by atoms with Gasteiger partial charge in [0.15, 0.2) is 0 Å². The van der Waals surface area contributed by atoms with Gasteiger partial charge in [0.25, 0.3) is 0 Å². The third-order valence-corrected chi connectivity index (χ3v) is 5.37. The summed E-state index contributed by atoms with van der Waals surface area (Å²) in [5, 5.41) is 6.94. The maximum absolute atomic E-state index is 13.4. The highest BCUT2D eigenvalue weighted by Crippen LogP contribution is 2.29. The highest BCUT2D eigenvalue weighted by Gasteiger charge is 2.24. The number of ether oxygens (including phenoxy) is 1. The van der Waals surface area contributed by atoms with Gasteiger partial charge >= 0.3 is 5.97 Å². The summed E-state index contributed by atoms with van der Waals surface area (Å²) in [6.07, 6.45) is 0.255. The molecule has 0 aliphatic carbocycles. The normalized spacial score (nSPS) is 11.9. The molecule has 0 radical (unpaired) electrons. The third-order valence-electron chi connectivity index (χ3n) is 5.37. The second-order valence-corrected chi connectivity index (χ2v) is 7.45. The number of esters is 1. The fourth-order valence-corrected chi connectivity index (χ4v) is 3.95. The standard InChI is InChI=1S/C26H22FNO3/c1-31-26(30)24(28-25(29)14-17-7-6-10-20(27)13-17)16-23-21-11-4-2-8-18(21)15-19-9-3-5-12-22(19)23/h2-13,15,24H,14,16H2,1H3,(H,28,29)/t24-/m1/s1. The summed E-state index contributed by atoms with van der Waals surface area (Å²) in [4.78, 5) is 25.2. The number of carbonyl (C=O) groups excluding carboxylic acids is 2. The van der Waals surface area contributed by atoms with E-state index < -0.39 is 17.8 Å². The van der Waals surface area contributed by atoms with E-state index in [9.17, 15) is 14.0 Å². The van der Waals surface area contributed by atoms with Crippen LogP contribution in [0.15, 0.2) is 78.9 Å². The van der Waals surface area contributed by atoms with Crippen LogP contribution in [0.2, 0.25) is 0 Å². The van der Waals surface area contributed by atoms with Gasteiger partial charge in [0.1, 0.15) is 11.9 Å². The summed E-state index contributed by atoms with van der Waals surface area (Å²) in [5.41, 5.74) is 1.51. The highest BCUT2D eigenvalue weighted by molar-refractivity contribution is 6.02. The molecule has 4 nitrogen and oxygen atoms in total. The van der Waals surface area contributed by atoms with Gasteiger partial charge in [-0.2, -0.15) is 0 Å². The zero-order valence-electron chi connectivity index (χ0n) is 17.1. The number of nitrogens with one attached hydrogen (secondary N) is 1. The molecule has 0 heterocycles. The van der Waals surface area contributed by atoms with Crippen molar-refractivity contribution in [1.29, 1.82) is 0 Å². The summed E-state index contributed by atoms with van der Waals surface area (Å²) >= 11 is 0. The Morgan fingerprint density at radius 2 is 1.55 bits per heavy atom. The second kappa shape index (κ2) is 8.96. The van der Waals surface area contributed by atoms with Crippen molar-refractivity contribution in [1.82, 2.24) is 5.32 Å². The minimum Gasteiger partial charge on any atom is -0.467 e. The van der Waals surface area contributed by atoms with Gasteiger partial charge in [-0.15, -0.1) is 0 Å². The molecule has 0 saturated heterocycles. The summed E-state index contributed by atoms with van der Waals surface area (Å²) in [7, 11) is 1.30. The van der Waals surface area contributed by atoms with E-state index in [1.165, 1.54) is 19.2 Å². The van der Waals surface area contributed by atoms with Crippen molar-refractivity contribution in [3.8, 4) is 0 Å². The number of amides is 1. The van der Waals surface area contributed by atoms with Gasteiger partial charge < -0.3 is 10.1 Å². The lowest BCUT2D eigenvalue weighted by Crippen LogP contribution is -2.43. The molecule has 1 N–H and O–H groups in total. The van der Waals surface area contributed by atoms with Crippen LogP contribution in [0.4, 0.5) is 4.39 Å². The molecule has 4 rings (SSSR count). The van der Waals surface area contributed by atoms with Gasteiger partial charge in [0.05, 0.1) is 13.5 Å². The maximum Gasteiger partial charge on any atom is 0.328 e. The van der Waals surface area contributed by atoms with Crippen molar-refractivity contribution in [3.05, 3.63) is 95.8 Å². The molecule has 0 fully saturated rings. The SMILES string of the molecule is COC(=O)[C@@H](Cc1c2ccccc2cc2ccccc12)NC(=O)Cc1cccc(F)c1. The van der Waals surface area contributed by atoms with E-state index >= 15 is 0 Å². The molecule has 31 heavy (non-hydrogen) atoms. The van der Waals surface area contributed by atoms with Crippen LogP contribution in [0.1, 0.15) is 11.1 Å². The number of methoxy groups -OCH3 is 1. The zero-order valence-corrected chi connectivity index (χ0v) is 17.1. The molecule has 1 atom stereocenters. The van der Waals surface area contributed by atoms with E-state index in [0.29, 0.717) is 5.56 Å². The van der Waals surface area contributed by atoms with Crippen molar-refractivity contribution in [2.45, 2.75) is 18.9 Å². The molecule has 0 aliphatic rings. The number of fused-ring (bicyclic) bond motifs is 2. The Kier molecular flexibility index (Phi) is 5.94. The lowest BCUT2D eigenvalue weighted by atomic mass is 9.92. The number of carbonyl (C=O) groups is 2. The Labute approximate surface area is 179 Å². The number of hydrogen-bond acceptors (Lipinski definition) is 3. The molecular formula is C26H22FNO3. The molecule has 0 spiro atoms. The zero-order chi connectivity index (χ0) is 21.8. The molecule has 5 heteroatoms. The lowest BCUT2D eigenvalue weighted by molar-refractivity contribution is -0.145. The summed E-state index contributed by atoms with van der Waals surface area (Å²) < 4.78 is 18.4. The number of halogens is 1. The van der Waals surface area contributed by atoms with Gasteiger partial charge in [0.2, 0.25) is 5.91 Å². The summed E-state index contributed by atoms with van der Waals surface area (Å²) in [6, 6.07) is 23.1. The van der Waals surface area contributed by atoms with Crippen molar-refractivity contribution in [3.63, 3.8) is 0 Å². The van der Waals surface area contributed by atoms with Crippen LogP contribution in [0.25, 0.3) is 21.5 Å². The van der Waals surface area contributed by atoms with Crippen molar-refractivity contribution in [2.75, 3.05) is 7.11 Å². The molecule has 0 saturated carbocycles. The van der Waals surface area contributed by atoms with E-state index in [0.717, 1.165) is 27.1 Å². The number of rotatable bonds is 6. The maximum atomic E-state index is 13.4. The first-order valence-electron chi connectivity index (χ1n) is 10.1. The molecule has 0 aromatic heterocycles. The van der Waals surface area contributed by atoms with Gasteiger partial charge in [-0.25, -0.2) is 9.18 Å². The largest absolute Gasteiger partial charge is 0.467 e. The average molecular weight is 415 g/mol. The van der Waals surface area contributed by atoms with Crippen molar-refractivity contribution >= 4 is 33.4 Å². The van der Waals surface area contributed by atoms with Crippen LogP contribution in [0.3, 0.4) is 0 Å². The molecular weight excluding hydrogens is 393 g/mol. The van der Waals surface area contributed by atoms with E-state index in [1.807, 2.05) is 48.5 Å². The minimum atomic E-state index is -0.861. The van der Waals surface area contributed by atoms with Crippen LogP contribution in [0.5, 0.6) is 0 Å². The van der Waals surface area contributed by atoms with E-state index in [2.05, 4.69) is 11.4 Å². The second-order valence-electron chi connectivity index (χ2n) is 7.45. The summed E-state index contributed by atoms with van der Waals surface area (Å²) in [6.45, 7) is 0. The quantitative estimate of drug-likeness (QED) is 0.371. The molecule has 0 bridgehead atoms. The fourth-order valence-electron chi connectivity index (χ4n) is 3.95. The average Bonchev–Trinajstić information content (AvgIpc) is 2.77. The fraction of sp³-hybridized carbons (Fsp3) is 0.154. The molecule has 4 aromatic rings. The first kappa shape index (κ1) is 20.5. The van der Waals surface area contributed by atoms with Gasteiger partial charge in [-0.1, -0.05) is 60.7 Å². The van der Waals surface area contributed by atoms with Gasteiger partial charge in [-0.3, -0.25) is 4.79 Å². The Morgan fingerprint density at radius 1 is 0.903 bits per heavy atom. The smallest absolute Gasteiger partial charge is 0.328 e. The predicted molar refractivity (Wildman–Crippen MR) is 119 cm³/mol. The number of benzene rings is 4. The van der Waals surface area contributed by atoms with E-state index in [-0.39, 0.29) is 18.7 Å². The predicted octanol–water partition coefficient (Wildman–Crippen LogP) is 4.58. The van der Waals surface area contributed by atoms with E-state index in [4.69, 9.17) is 4.74 Å². The van der Waals surface area contributed by atoms with Crippen LogP contribution >= 0.6 is 0 Å². The van der Waals surface area contributed by atoms with Crippen molar-refractivity contribution < 1.29 is 18.7 Å². The summed E-state index contributed by atoms with van der Waals surface area (Å²) in [5.74, 6) is -1.30. The van der Waals surface area contributed by atoms with Crippen LogP contribution < -0.4 is 5.32 Å². The third kappa shape index (κ3) is 4.56. The molecule has 0 unspecified atom stereocenters. The van der Waals surface area contributed by atoms with Crippen molar-refractivity contribution in [2.24, 2.45) is 0 Å². The Balaban J connectivity index is 1.67. The Morgan fingerprint density at radius 3 is 2.16 bits per heavy atom. The van der Waals surface area contributed by atoms with Crippen LogP contribution in [-0.4, -0.2) is 25.0 Å². The van der Waals surface area contributed by atoms with Crippen LogP contribution in [0, 0.1) is 5.82 Å². The minimum absolute atomic E-state index is 0.0263. The molecule has 1 amide bonds. The first-order chi connectivity index (χ1) is 15.0. The monoisotopic (exact) mass is 415 g/mol. The first-order valence-corrected chi connectivity index (χ1v) is 10.1. The van der Waals surface area contributed by atoms with Gasteiger partial charge in [-0.05, 0) is 50.9 Å². The molecule has 156 valence electrons. The van der Waals surface area contributed by atoms with Crippen LogP contribution in [-0.2, 0) is 27.2 Å². The Hall–Kier alpha value is -3.73. The highest BCUT2D eigenvalue weighted by atomic mass is 19.1. The van der Waals surface area contributed by atoms with E-state index in [1.54, 1.807) is 12.1 Å². The number of hydrogen-bond donors (Lipinski definition) is 1. The molecule has 4 aromatic carbocycles. The lowest BCUT2D eigenvalue weighted by Gasteiger charge is -2.19. The molecule has 0 aliphatic heterocycles.